The van der Waals surface area contributed by atoms with Crippen molar-refractivity contribution in [2.75, 3.05) is 46.3 Å². The van der Waals surface area contributed by atoms with Crippen LogP contribution in [-0.4, -0.2) is 70.0 Å². The van der Waals surface area contributed by atoms with Crippen molar-refractivity contribution in [1.29, 1.82) is 0 Å². The second-order valence-corrected chi connectivity index (χ2v) is 8.47. The summed E-state index contributed by atoms with van der Waals surface area (Å²) >= 11 is 0. The van der Waals surface area contributed by atoms with Gasteiger partial charge in [0.1, 0.15) is 0 Å². The summed E-state index contributed by atoms with van der Waals surface area (Å²) in [5.41, 5.74) is 0. The monoisotopic (exact) mass is 316 g/mol. The smallest absolute Gasteiger partial charge is 0.279 e. The molecule has 0 aromatic carbocycles. The van der Waals surface area contributed by atoms with Crippen LogP contribution in [0.25, 0.3) is 0 Å². The molecule has 2 bridgehead atoms. The van der Waals surface area contributed by atoms with E-state index in [1.54, 1.807) is 4.31 Å². The summed E-state index contributed by atoms with van der Waals surface area (Å²) in [5, 5.41) is 3.19. The van der Waals surface area contributed by atoms with Crippen LogP contribution < -0.4 is 10.0 Å². The normalized spacial score (nSPS) is 35.2. The number of nitrogens with one attached hydrogen (secondary N) is 2. The number of fused-ring (bicyclic) bond motifs is 3. The van der Waals surface area contributed by atoms with Crippen molar-refractivity contribution < 1.29 is 8.42 Å². The fourth-order valence-electron chi connectivity index (χ4n) is 4.01. The number of hydrogen-bond donors (Lipinski definition) is 2. The lowest BCUT2D eigenvalue weighted by atomic mass is 9.85. The van der Waals surface area contributed by atoms with E-state index in [1.807, 2.05) is 7.05 Å². The van der Waals surface area contributed by atoms with Crippen LogP contribution in [0, 0.1) is 11.8 Å². The van der Waals surface area contributed by atoms with Gasteiger partial charge in [-0.15, -0.1) is 0 Å². The highest BCUT2D eigenvalue weighted by Gasteiger charge is 2.38. The van der Waals surface area contributed by atoms with Crippen LogP contribution in [0.5, 0.6) is 0 Å². The number of hydrogen-bond acceptors (Lipinski definition) is 4. The van der Waals surface area contributed by atoms with Crippen molar-refractivity contribution in [1.82, 2.24) is 19.2 Å². The molecule has 0 spiro atoms. The number of piperidine rings is 4. The van der Waals surface area contributed by atoms with Gasteiger partial charge in [0.2, 0.25) is 0 Å². The van der Waals surface area contributed by atoms with E-state index in [1.165, 1.54) is 0 Å². The zero-order valence-corrected chi connectivity index (χ0v) is 13.7. The quantitative estimate of drug-likeness (QED) is 0.740. The predicted octanol–water partition coefficient (Wildman–Crippen LogP) is -0.154. The molecule has 6 nitrogen and oxygen atoms in total. The lowest BCUT2D eigenvalue weighted by Gasteiger charge is -2.45. The van der Waals surface area contributed by atoms with Crippen molar-refractivity contribution in [3.05, 3.63) is 0 Å². The second-order valence-electron chi connectivity index (χ2n) is 6.77. The van der Waals surface area contributed by atoms with E-state index in [2.05, 4.69) is 14.9 Å². The Labute approximate surface area is 128 Å². The van der Waals surface area contributed by atoms with E-state index in [4.69, 9.17) is 0 Å². The van der Waals surface area contributed by atoms with E-state index in [9.17, 15) is 8.42 Å². The van der Waals surface area contributed by atoms with Crippen LogP contribution in [0.15, 0.2) is 0 Å². The van der Waals surface area contributed by atoms with Gasteiger partial charge in [0, 0.05) is 25.7 Å². The third-order valence-corrected chi connectivity index (χ3v) is 7.01. The highest BCUT2D eigenvalue weighted by Crippen LogP contribution is 2.28. The van der Waals surface area contributed by atoms with Gasteiger partial charge >= 0.3 is 0 Å². The molecule has 4 heterocycles. The molecule has 0 aliphatic carbocycles. The third kappa shape index (κ3) is 3.59. The highest BCUT2D eigenvalue weighted by atomic mass is 32.2. The van der Waals surface area contributed by atoms with E-state index in [0.29, 0.717) is 24.9 Å². The van der Waals surface area contributed by atoms with Crippen molar-refractivity contribution in [2.45, 2.75) is 31.7 Å². The van der Waals surface area contributed by atoms with Crippen molar-refractivity contribution >= 4 is 10.2 Å². The number of rotatable bonds is 5. The third-order valence-electron chi connectivity index (χ3n) is 5.36. The Morgan fingerprint density at radius 1 is 1.05 bits per heavy atom. The van der Waals surface area contributed by atoms with Crippen molar-refractivity contribution in [3.8, 4) is 0 Å². The molecule has 4 rings (SSSR count). The van der Waals surface area contributed by atoms with Crippen molar-refractivity contribution in [2.24, 2.45) is 11.8 Å². The fraction of sp³-hybridized carbons (Fsp3) is 1.00. The lowest BCUT2D eigenvalue weighted by molar-refractivity contribution is 0.0815. The molecule has 21 heavy (non-hydrogen) atoms. The largest absolute Gasteiger partial charge is 0.319 e. The molecule has 0 aromatic heterocycles. The van der Waals surface area contributed by atoms with Crippen LogP contribution >= 0.6 is 0 Å². The number of nitrogens with zero attached hydrogens (tertiary/aromatic N) is 2. The highest BCUT2D eigenvalue weighted by molar-refractivity contribution is 7.87. The molecule has 0 aromatic rings. The van der Waals surface area contributed by atoms with Gasteiger partial charge in [-0.3, -0.25) is 0 Å². The average Bonchev–Trinajstić information content (AvgIpc) is 2.49. The van der Waals surface area contributed by atoms with Crippen LogP contribution in [0.1, 0.15) is 25.7 Å². The van der Waals surface area contributed by atoms with Crippen LogP contribution in [0.3, 0.4) is 0 Å². The summed E-state index contributed by atoms with van der Waals surface area (Å²) in [6, 6.07) is 0.118. The SMILES string of the molecule is CNCC1CCN(S(=O)(=O)NC2CN3CCC2CC3)CC1. The van der Waals surface area contributed by atoms with Gasteiger partial charge < -0.3 is 10.2 Å². The Balaban J connectivity index is 1.55. The fourth-order valence-corrected chi connectivity index (χ4v) is 5.50. The molecule has 4 fully saturated rings. The maximum absolute atomic E-state index is 12.6. The van der Waals surface area contributed by atoms with Gasteiger partial charge in [-0.05, 0) is 64.2 Å². The topological polar surface area (TPSA) is 64.7 Å². The average molecular weight is 316 g/mol. The summed E-state index contributed by atoms with van der Waals surface area (Å²) in [5.74, 6) is 1.14. The minimum Gasteiger partial charge on any atom is -0.319 e. The molecule has 1 atom stereocenters. The molecule has 7 heteroatoms. The summed E-state index contributed by atoms with van der Waals surface area (Å²) in [4.78, 5) is 2.38. The van der Waals surface area contributed by atoms with E-state index in [0.717, 1.165) is 51.9 Å². The minimum atomic E-state index is -3.31. The molecule has 0 amide bonds. The molecule has 4 aliphatic rings. The standard InChI is InChI=1S/C14H28N4O2S/c1-15-10-12-2-8-18(9-3-12)21(19,20)16-14-11-17-6-4-13(14)5-7-17/h12-16H,2-11H2,1H3. The van der Waals surface area contributed by atoms with Crippen LogP contribution in [-0.2, 0) is 10.2 Å². The zero-order chi connectivity index (χ0) is 14.9. The molecule has 4 saturated heterocycles. The predicted molar refractivity (Wildman–Crippen MR) is 83.2 cm³/mol. The molecule has 4 aliphatic heterocycles. The Morgan fingerprint density at radius 3 is 2.24 bits per heavy atom. The summed E-state index contributed by atoms with van der Waals surface area (Å²) in [7, 11) is -1.35. The maximum Gasteiger partial charge on any atom is 0.279 e. The maximum atomic E-state index is 12.6. The lowest BCUT2D eigenvalue weighted by Crippen LogP contribution is -2.59. The Bertz CT molecular complexity index is 440. The molecular formula is C14H28N4O2S. The molecule has 2 N–H and O–H groups in total. The van der Waals surface area contributed by atoms with Gasteiger partial charge in [0.15, 0.2) is 0 Å². The van der Waals surface area contributed by atoms with Gasteiger partial charge in [-0.25, -0.2) is 0 Å². The Kier molecular flexibility index (Phi) is 4.85. The van der Waals surface area contributed by atoms with Crippen LogP contribution in [0.2, 0.25) is 0 Å². The van der Waals surface area contributed by atoms with Gasteiger partial charge in [-0.2, -0.15) is 17.4 Å². The first-order valence-electron chi connectivity index (χ1n) is 8.23. The zero-order valence-electron chi connectivity index (χ0n) is 12.9. The first kappa shape index (κ1) is 15.7. The second kappa shape index (κ2) is 6.50. The van der Waals surface area contributed by atoms with Gasteiger partial charge in [0.25, 0.3) is 10.2 Å². The minimum absolute atomic E-state index is 0.118. The molecule has 1 unspecified atom stereocenters. The summed E-state index contributed by atoms with van der Waals surface area (Å²) < 4.78 is 29.8. The first-order chi connectivity index (χ1) is 10.1. The van der Waals surface area contributed by atoms with E-state index < -0.39 is 10.2 Å². The van der Waals surface area contributed by atoms with E-state index in [-0.39, 0.29) is 6.04 Å². The first-order valence-corrected chi connectivity index (χ1v) is 9.67. The van der Waals surface area contributed by atoms with Gasteiger partial charge in [-0.1, -0.05) is 0 Å². The molecule has 0 saturated carbocycles. The Hall–Kier alpha value is -0.210. The van der Waals surface area contributed by atoms with Crippen molar-refractivity contribution in [3.63, 3.8) is 0 Å². The van der Waals surface area contributed by atoms with E-state index >= 15 is 0 Å². The summed E-state index contributed by atoms with van der Waals surface area (Å²) in [6.45, 7) is 5.46. The molecular weight excluding hydrogens is 288 g/mol. The Morgan fingerprint density at radius 2 is 1.71 bits per heavy atom. The summed E-state index contributed by atoms with van der Waals surface area (Å²) in [6.07, 6.45) is 4.19. The molecule has 0 radical (unpaired) electrons. The van der Waals surface area contributed by atoms with Gasteiger partial charge in [0.05, 0.1) is 0 Å². The molecule has 122 valence electrons. The van der Waals surface area contributed by atoms with Crippen LogP contribution in [0.4, 0.5) is 0 Å².